The summed E-state index contributed by atoms with van der Waals surface area (Å²) in [6.45, 7) is 5.15. The molecule has 0 saturated carbocycles. The van der Waals surface area contributed by atoms with E-state index in [1.54, 1.807) is 24.1 Å². The Kier molecular flexibility index (Phi) is 4.06. The van der Waals surface area contributed by atoms with Crippen LogP contribution in [0.15, 0.2) is 12.4 Å². The van der Waals surface area contributed by atoms with Crippen LogP contribution in [0.5, 0.6) is 0 Å². The summed E-state index contributed by atoms with van der Waals surface area (Å²) in [5.41, 5.74) is 0.848. The number of hydrogen-bond donors (Lipinski definition) is 2. The molecule has 106 valence electrons. The van der Waals surface area contributed by atoms with Crippen molar-refractivity contribution < 1.29 is 14.3 Å². The lowest BCUT2D eigenvalue weighted by Gasteiger charge is -2.35. The molecule has 2 rings (SSSR count). The van der Waals surface area contributed by atoms with Gasteiger partial charge in [0.1, 0.15) is 6.54 Å². The molecule has 0 bridgehead atoms. The quantitative estimate of drug-likeness (QED) is 0.815. The first-order valence-electron chi connectivity index (χ1n) is 6.26. The molecule has 0 atom stereocenters. The van der Waals surface area contributed by atoms with E-state index >= 15 is 0 Å². The third-order valence-electron chi connectivity index (χ3n) is 2.85. The van der Waals surface area contributed by atoms with Crippen molar-refractivity contribution >= 4 is 11.6 Å². The fourth-order valence-electron chi connectivity index (χ4n) is 1.76. The number of hydrogen-bond acceptors (Lipinski definition) is 5. The molecule has 7 heteroatoms. The van der Waals surface area contributed by atoms with E-state index in [4.69, 9.17) is 9.47 Å². The highest BCUT2D eigenvalue weighted by molar-refractivity contribution is 5.75. The van der Waals surface area contributed by atoms with Crippen LogP contribution in [0.25, 0.3) is 0 Å². The zero-order valence-electron chi connectivity index (χ0n) is 11.5. The molecule has 1 saturated heterocycles. The maximum atomic E-state index is 11.2. The van der Waals surface area contributed by atoms with Crippen LogP contribution in [0.2, 0.25) is 0 Å². The molecule has 7 nitrogen and oxygen atoms in total. The summed E-state index contributed by atoms with van der Waals surface area (Å²) in [6, 6.07) is 0.0886. The molecule has 2 N–H and O–H groups in total. The van der Waals surface area contributed by atoms with Gasteiger partial charge in [-0.05, 0) is 13.8 Å². The van der Waals surface area contributed by atoms with Gasteiger partial charge in [0.05, 0.1) is 31.1 Å². The van der Waals surface area contributed by atoms with Gasteiger partial charge in [0.15, 0.2) is 5.79 Å². The van der Waals surface area contributed by atoms with Crippen LogP contribution in [0, 0.1) is 0 Å². The van der Waals surface area contributed by atoms with Gasteiger partial charge in [0, 0.05) is 13.2 Å². The smallest absolute Gasteiger partial charge is 0.241 e. The number of amides is 1. The van der Waals surface area contributed by atoms with Crippen LogP contribution in [0.1, 0.15) is 13.8 Å². The van der Waals surface area contributed by atoms with Gasteiger partial charge in [-0.3, -0.25) is 9.48 Å². The largest absolute Gasteiger partial charge is 0.375 e. The minimum atomic E-state index is -0.512. The lowest BCUT2D eigenvalue weighted by molar-refractivity contribution is -0.247. The van der Waals surface area contributed by atoms with E-state index in [0.717, 1.165) is 5.69 Å². The normalized spacial score (nSPS) is 19.1. The van der Waals surface area contributed by atoms with Crippen molar-refractivity contribution in [1.29, 1.82) is 0 Å². The Morgan fingerprint density at radius 1 is 1.53 bits per heavy atom. The van der Waals surface area contributed by atoms with Crippen LogP contribution in [-0.4, -0.2) is 47.8 Å². The Balaban J connectivity index is 1.85. The van der Waals surface area contributed by atoms with Crippen LogP contribution < -0.4 is 10.6 Å². The molecular formula is C12H20N4O3. The van der Waals surface area contributed by atoms with Gasteiger partial charge in [-0.25, -0.2) is 0 Å². The van der Waals surface area contributed by atoms with Crippen molar-refractivity contribution in [3.05, 3.63) is 12.4 Å². The highest BCUT2D eigenvalue weighted by atomic mass is 16.7. The van der Waals surface area contributed by atoms with Gasteiger partial charge < -0.3 is 20.1 Å². The second-order valence-corrected chi connectivity index (χ2v) is 4.96. The van der Waals surface area contributed by atoms with Gasteiger partial charge >= 0.3 is 0 Å². The topological polar surface area (TPSA) is 77.4 Å². The van der Waals surface area contributed by atoms with Crippen molar-refractivity contribution in [3.8, 4) is 0 Å². The maximum absolute atomic E-state index is 11.2. The van der Waals surface area contributed by atoms with Gasteiger partial charge in [-0.15, -0.1) is 0 Å². The number of aromatic nitrogens is 2. The number of nitrogens with one attached hydrogen (secondary N) is 2. The number of likely N-dealkylation sites (N-methyl/N-ethyl adjacent to an activating group) is 1. The lowest BCUT2D eigenvalue weighted by Crippen LogP contribution is -2.45. The number of carbonyl (C=O) groups is 1. The van der Waals surface area contributed by atoms with Crippen molar-refractivity contribution in [2.24, 2.45) is 0 Å². The second kappa shape index (κ2) is 5.58. The van der Waals surface area contributed by atoms with Gasteiger partial charge in [-0.1, -0.05) is 0 Å². The first kappa shape index (κ1) is 13.8. The maximum Gasteiger partial charge on any atom is 0.241 e. The van der Waals surface area contributed by atoms with E-state index in [2.05, 4.69) is 15.7 Å². The minimum absolute atomic E-state index is 0.0827. The first-order chi connectivity index (χ1) is 8.98. The average molecular weight is 268 g/mol. The van der Waals surface area contributed by atoms with Crippen LogP contribution in [0.3, 0.4) is 0 Å². The molecule has 0 spiro atoms. The zero-order chi connectivity index (χ0) is 13.9. The fraction of sp³-hybridized carbons (Fsp3) is 0.667. The molecular weight excluding hydrogens is 248 g/mol. The number of carbonyl (C=O) groups excluding carboxylic acids is 1. The molecule has 2 heterocycles. The Morgan fingerprint density at radius 2 is 2.21 bits per heavy atom. The molecule has 1 aromatic heterocycles. The van der Waals surface area contributed by atoms with E-state index in [1.165, 1.54) is 0 Å². The summed E-state index contributed by atoms with van der Waals surface area (Å²) in [4.78, 5) is 11.2. The second-order valence-electron chi connectivity index (χ2n) is 4.96. The minimum Gasteiger partial charge on any atom is -0.375 e. The molecule has 1 aromatic rings. The van der Waals surface area contributed by atoms with Crippen molar-refractivity contribution in [2.75, 3.05) is 25.6 Å². The highest BCUT2D eigenvalue weighted by Gasteiger charge is 2.28. The fourth-order valence-corrected chi connectivity index (χ4v) is 1.76. The summed E-state index contributed by atoms with van der Waals surface area (Å²) in [7, 11) is 1.60. The predicted molar refractivity (Wildman–Crippen MR) is 69.7 cm³/mol. The summed E-state index contributed by atoms with van der Waals surface area (Å²) < 4.78 is 12.7. The molecule has 0 aliphatic carbocycles. The van der Waals surface area contributed by atoms with E-state index in [-0.39, 0.29) is 18.5 Å². The Hall–Kier alpha value is -1.60. The van der Waals surface area contributed by atoms with E-state index in [0.29, 0.717) is 13.2 Å². The van der Waals surface area contributed by atoms with Crippen LogP contribution in [0.4, 0.5) is 5.69 Å². The molecule has 1 fully saturated rings. The molecule has 0 unspecified atom stereocenters. The predicted octanol–water partition coefficient (Wildman–Crippen LogP) is 0.193. The molecule has 0 aromatic carbocycles. The summed E-state index contributed by atoms with van der Waals surface area (Å²) in [6.07, 6.45) is 3.47. The first-order valence-corrected chi connectivity index (χ1v) is 6.26. The average Bonchev–Trinajstić information content (AvgIpc) is 2.79. The van der Waals surface area contributed by atoms with Crippen molar-refractivity contribution in [2.45, 2.75) is 32.2 Å². The van der Waals surface area contributed by atoms with Gasteiger partial charge in [0.25, 0.3) is 0 Å². The van der Waals surface area contributed by atoms with Crippen molar-refractivity contribution in [3.63, 3.8) is 0 Å². The van der Waals surface area contributed by atoms with Crippen molar-refractivity contribution in [1.82, 2.24) is 15.1 Å². The van der Waals surface area contributed by atoms with Crippen LogP contribution >= 0.6 is 0 Å². The third-order valence-corrected chi connectivity index (χ3v) is 2.85. The van der Waals surface area contributed by atoms with Gasteiger partial charge in [0.2, 0.25) is 5.91 Å². The summed E-state index contributed by atoms with van der Waals surface area (Å²) >= 11 is 0. The number of ether oxygens (including phenoxy) is 2. The number of rotatable bonds is 4. The SMILES string of the molecule is CNC(=O)Cn1cc(NC2COC(C)(C)OC2)cn1. The molecule has 1 amide bonds. The Labute approximate surface area is 112 Å². The lowest BCUT2D eigenvalue weighted by atomic mass is 10.2. The molecule has 0 radical (unpaired) electrons. The van der Waals surface area contributed by atoms with E-state index in [1.807, 2.05) is 13.8 Å². The molecule has 1 aliphatic rings. The summed E-state index contributed by atoms with van der Waals surface area (Å²) in [5.74, 6) is -0.595. The van der Waals surface area contributed by atoms with Gasteiger partial charge in [-0.2, -0.15) is 5.10 Å². The van der Waals surface area contributed by atoms with E-state index < -0.39 is 5.79 Å². The Morgan fingerprint density at radius 3 is 2.84 bits per heavy atom. The molecule has 1 aliphatic heterocycles. The Bertz CT molecular complexity index is 434. The highest BCUT2D eigenvalue weighted by Crippen LogP contribution is 2.19. The monoisotopic (exact) mass is 268 g/mol. The zero-order valence-corrected chi connectivity index (χ0v) is 11.5. The standard InChI is InChI=1S/C12H20N4O3/c1-12(2)18-7-10(8-19-12)15-9-4-14-16(5-9)6-11(17)13-3/h4-5,10,15H,6-8H2,1-3H3,(H,13,17). The number of anilines is 1. The summed E-state index contributed by atoms with van der Waals surface area (Å²) in [5, 5.41) is 9.93. The van der Waals surface area contributed by atoms with E-state index in [9.17, 15) is 4.79 Å². The molecule has 19 heavy (non-hydrogen) atoms. The third kappa shape index (κ3) is 3.93. The van der Waals surface area contributed by atoms with Crippen LogP contribution in [-0.2, 0) is 20.8 Å². The number of nitrogens with zero attached hydrogens (tertiary/aromatic N) is 2.